The lowest BCUT2D eigenvalue weighted by Gasteiger charge is -2.08. The van der Waals surface area contributed by atoms with Crippen LogP contribution < -0.4 is 0 Å². The molecular formula is C22H28F6. The molecule has 0 fully saturated rings. The highest BCUT2D eigenvalue weighted by atomic mass is 19.2. The fourth-order valence-electron chi connectivity index (χ4n) is 2.08. The summed E-state index contributed by atoms with van der Waals surface area (Å²) in [7, 11) is 0. The van der Waals surface area contributed by atoms with Crippen molar-refractivity contribution in [3.63, 3.8) is 0 Å². The van der Waals surface area contributed by atoms with Crippen molar-refractivity contribution in [2.45, 2.75) is 55.4 Å². The third-order valence-corrected chi connectivity index (χ3v) is 3.54. The van der Waals surface area contributed by atoms with E-state index in [1.165, 1.54) is 33.8 Å². The van der Waals surface area contributed by atoms with Gasteiger partial charge in [-0.1, -0.05) is 46.4 Å². The first-order valence-corrected chi connectivity index (χ1v) is 8.91. The van der Waals surface area contributed by atoms with Gasteiger partial charge in [-0.15, -0.1) is 0 Å². The second-order valence-electron chi connectivity index (χ2n) is 5.26. The van der Waals surface area contributed by atoms with Crippen LogP contribution in [-0.2, 0) is 0 Å². The smallest absolute Gasteiger partial charge is 0.194 e. The Kier molecular flexibility index (Phi) is 13.0. The van der Waals surface area contributed by atoms with Crippen LogP contribution in [0, 0.1) is 62.6 Å². The summed E-state index contributed by atoms with van der Waals surface area (Å²) < 4.78 is 76.8. The van der Waals surface area contributed by atoms with E-state index in [9.17, 15) is 26.3 Å². The maximum absolute atomic E-state index is 13.2. The van der Waals surface area contributed by atoms with Crippen molar-refractivity contribution in [3.8, 4) is 0 Å². The minimum Gasteiger partial charge on any atom is -0.206 e. The van der Waals surface area contributed by atoms with Crippen LogP contribution in [0.2, 0.25) is 0 Å². The van der Waals surface area contributed by atoms with Gasteiger partial charge in [-0.25, -0.2) is 26.3 Å². The average molecular weight is 406 g/mol. The van der Waals surface area contributed by atoms with Gasteiger partial charge in [0.05, 0.1) is 0 Å². The van der Waals surface area contributed by atoms with Gasteiger partial charge >= 0.3 is 0 Å². The quantitative estimate of drug-likeness (QED) is 0.255. The minimum atomic E-state index is -1.39. The van der Waals surface area contributed by atoms with E-state index in [-0.39, 0.29) is 27.8 Å². The van der Waals surface area contributed by atoms with Crippen molar-refractivity contribution >= 4 is 6.08 Å². The highest BCUT2D eigenvalue weighted by molar-refractivity contribution is 5.54. The van der Waals surface area contributed by atoms with Crippen molar-refractivity contribution in [1.29, 1.82) is 0 Å². The van der Waals surface area contributed by atoms with Gasteiger partial charge in [0.25, 0.3) is 0 Å². The zero-order valence-corrected chi connectivity index (χ0v) is 17.6. The fraction of sp³-hybridized carbons (Fsp3) is 0.364. The van der Waals surface area contributed by atoms with Crippen LogP contribution in [0.15, 0.2) is 12.6 Å². The molecule has 0 heterocycles. The van der Waals surface area contributed by atoms with E-state index in [2.05, 4.69) is 6.58 Å². The van der Waals surface area contributed by atoms with E-state index in [1.807, 2.05) is 27.7 Å². The Balaban J connectivity index is 0. The Hall–Kier alpha value is -2.24. The Morgan fingerprint density at radius 1 is 0.571 bits per heavy atom. The molecular weight excluding hydrogens is 378 g/mol. The van der Waals surface area contributed by atoms with Crippen molar-refractivity contribution in [2.75, 3.05) is 0 Å². The lowest BCUT2D eigenvalue weighted by atomic mass is 10.0. The number of hydrogen-bond donors (Lipinski definition) is 0. The van der Waals surface area contributed by atoms with Crippen LogP contribution in [0.25, 0.3) is 6.08 Å². The topological polar surface area (TPSA) is 0 Å². The number of benzene rings is 2. The van der Waals surface area contributed by atoms with Crippen molar-refractivity contribution in [2.24, 2.45) is 0 Å². The molecule has 0 spiro atoms. The van der Waals surface area contributed by atoms with Gasteiger partial charge in [0.1, 0.15) is 5.82 Å². The van der Waals surface area contributed by atoms with Crippen LogP contribution >= 0.6 is 0 Å². The summed E-state index contributed by atoms with van der Waals surface area (Å²) in [5.74, 6) is -6.48. The third kappa shape index (κ3) is 6.43. The predicted octanol–water partition coefficient (Wildman–Crippen LogP) is 8.14. The van der Waals surface area contributed by atoms with Gasteiger partial charge in [-0.05, 0) is 44.4 Å². The van der Waals surface area contributed by atoms with Crippen LogP contribution in [-0.4, -0.2) is 0 Å². The molecule has 0 amide bonds. The molecule has 158 valence electrons. The van der Waals surface area contributed by atoms with E-state index in [4.69, 9.17) is 0 Å². The molecule has 0 atom stereocenters. The first kappa shape index (κ1) is 28.0. The first-order chi connectivity index (χ1) is 13.0. The normalized spacial score (nSPS) is 9.21. The molecule has 6 heteroatoms. The molecule has 0 saturated carbocycles. The average Bonchev–Trinajstić information content (AvgIpc) is 2.71. The molecule has 2 rings (SSSR count). The molecule has 0 nitrogen and oxygen atoms in total. The lowest BCUT2D eigenvalue weighted by Crippen LogP contribution is -2.01. The summed E-state index contributed by atoms with van der Waals surface area (Å²) in [6.45, 7) is 16.7. The summed E-state index contributed by atoms with van der Waals surface area (Å²) >= 11 is 0. The van der Waals surface area contributed by atoms with E-state index < -0.39 is 34.9 Å². The summed E-state index contributed by atoms with van der Waals surface area (Å²) in [5, 5.41) is 0. The van der Waals surface area contributed by atoms with Crippen molar-refractivity contribution in [1.82, 2.24) is 0 Å². The van der Waals surface area contributed by atoms with Gasteiger partial charge in [-0.2, -0.15) is 0 Å². The number of rotatable bonds is 1. The van der Waals surface area contributed by atoms with Crippen LogP contribution in [0.1, 0.15) is 55.5 Å². The van der Waals surface area contributed by atoms with Crippen LogP contribution in [0.5, 0.6) is 0 Å². The molecule has 0 unspecified atom stereocenters. The Labute approximate surface area is 163 Å². The molecule has 0 aliphatic heterocycles. The summed E-state index contributed by atoms with van der Waals surface area (Å²) in [6, 6.07) is 1.27. The maximum atomic E-state index is 13.2. The summed E-state index contributed by atoms with van der Waals surface area (Å²) in [4.78, 5) is 0. The summed E-state index contributed by atoms with van der Waals surface area (Å²) in [6.07, 6.45) is 1.11. The Morgan fingerprint density at radius 2 is 0.964 bits per heavy atom. The second kappa shape index (κ2) is 13.0. The summed E-state index contributed by atoms with van der Waals surface area (Å²) in [5.41, 5.74) is -0.0598. The van der Waals surface area contributed by atoms with E-state index in [1.54, 1.807) is 0 Å². The number of halogens is 6. The molecule has 0 N–H and O–H groups in total. The first-order valence-electron chi connectivity index (χ1n) is 8.91. The molecule has 0 aliphatic rings. The standard InChI is InChI=1S/C10H9F3.C8H7F3.2C2H6/c1-4-7-5(2)8(11)6(3)9(12)10(7)13;1-4-3-5(2)7(10)8(11)6(4)9;2*1-2/h4H,1H2,2-3H3;3H,1-2H3;2*1-2H3. The van der Waals surface area contributed by atoms with Gasteiger partial charge < -0.3 is 0 Å². The monoisotopic (exact) mass is 406 g/mol. The van der Waals surface area contributed by atoms with Crippen LogP contribution in [0.4, 0.5) is 26.3 Å². The highest BCUT2D eigenvalue weighted by Crippen LogP contribution is 2.24. The van der Waals surface area contributed by atoms with Crippen molar-refractivity contribution < 1.29 is 26.3 Å². The fourth-order valence-corrected chi connectivity index (χ4v) is 2.08. The van der Waals surface area contributed by atoms with Crippen molar-refractivity contribution in [3.05, 3.63) is 75.4 Å². The lowest BCUT2D eigenvalue weighted by molar-refractivity contribution is 0.440. The minimum absolute atomic E-state index is 0.0893. The van der Waals surface area contributed by atoms with E-state index in [0.29, 0.717) is 0 Å². The number of hydrogen-bond acceptors (Lipinski definition) is 0. The number of aryl methyl sites for hydroxylation is 2. The van der Waals surface area contributed by atoms with Gasteiger partial charge in [0, 0.05) is 11.1 Å². The molecule has 2 aromatic rings. The predicted molar refractivity (Wildman–Crippen MR) is 104 cm³/mol. The molecule has 0 bridgehead atoms. The highest BCUT2D eigenvalue weighted by Gasteiger charge is 2.17. The van der Waals surface area contributed by atoms with Crippen LogP contribution in [0.3, 0.4) is 0 Å². The van der Waals surface area contributed by atoms with Gasteiger partial charge in [0.2, 0.25) is 0 Å². The SMILES string of the molecule is C=Cc1c(C)c(F)c(C)c(F)c1F.CC.CC.Cc1cc(C)c(F)c(F)c1F. The Bertz CT molecular complexity index is 739. The van der Waals surface area contributed by atoms with E-state index in [0.717, 1.165) is 6.08 Å². The second-order valence-corrected chi connectivity index (χ2v) is 5.26. The molecule has 0 aromatic heterocycles. The zero-order chi connectivity index (χ0) is 22.8. The largest absolute Gasteiger partial charge is 0.206 e. The van der Waals surface area contributed by atoms with E-state index >= 15 is 0 Å². The maximum Gasteiger partial charge on any atom is 0.194 e. The molecule has 0 radical (unpaired) electrons. The molecule has 2 aromatic carbocycles. The zero-order valence-electron chi connectivity index (χ0n) is 17.6. The molecule has 28 heavy (non-hydrogen) atoms. The van der Waals surface area contributed by atoms with Gasteiger partial charge in [-0.3, -0.25) is 0 Å². The molecule has 0 aliphatic carbocycles. The third-order valence-electron chi connectivity index (χ3n) is 3.54. The Morgan fingerprint density at radius 3 is 1.32 bits per heavy atom. The molecule has 0 saturated heterocycles. The van der Waals surface area contributed by atoms with Gasteiger partial charge in [0.15, 0.2) is 29.1 Å².